The SMILES string of the molecule is Cc1cc(-c2ccccc2)cc(-c2cccc(-c3ccccc3)c2)n1. The molecule has 1 nitrogen and oxygen atoms in total. The van der Waals surface area contributed by atoms with E-state index in [1.165, 1.54) is 22.3 Å². The maximum atomic E-state index is 4.76. The first-order valence-corrected chi connectivity index (χ1v) is 8.49. The highest BCUT2D eigenvalue weighted by molar-refractivity contribution is 5.75. The first-order chi connectivity index (χ1) is 12.3. The van der Waals surface area contributed by atoms with E-state index in [1.807, 2.05) is 12.1 Å². The summed E-state index contributed by atoms with van der Waals surface area (Å²) >= 11 is 0. The topological polar surface area (TPSA) is 12.9 Å². The van der Waals surface area contributed by atoms with Gasteiger partial charge in [0.05, 0.1) is 5.69 Å². The van der Waals surface area contributed by atoms with Gasteiger partial charge in [0, 0.05) is 11.3 Å². The molecule has 0 saturated carbocycles. The van der Waals surface area contributed by atoms with E-state index < -0.39 is 0 Å². The molecule has 0 saturated heterocycles. The van der Waals surface area contributed by atoms with Gasteiger partial charge in [0.1, 0.15) is 0 Å². The predicted octanol–water partition coefficient (Wildman–Crippen LogP) is 6.39. The van der Waals surface area contributed by atoms with Crippen molar-refractivity contribution in [3.63, 3.8) is 0 Å². The first kappa shape index (κ1) is 15.3. The van der Waals surface area contributed by atoms with Gasteiger partial charge in [0.25, 0.3) is 0 Å². The Hall–Kier alpha value is -3.19. The van der Waals surface area contributed by atoms with Gasteiger partial charge in [-0.25, -0.2) is 0 Å². The van der Waals surface area contributed by atoms with E-state index in [4.69, 9.17) is 4.98 Å². The number of hydrogen-bond donors (Lipinski definition) is 0. The Balaban J connectivity index is 1.79. The van der Waals surface area contributed by atoms with Gasteiger partial charge in [-0.3, -0.25) is 4.98 Å². The largest absolute Gasteiger partial charge is 0.253 e. The number of benzene rings is 3. The molecule has 3 aromatic carbocycles. The molecule has 0 aliphatic heterocycles. The van der Waals surface area contributed by atoms with Crippen molar-refractivity contribution in [1.29, 1.82) is 0 Å². The summed E-state index contributed by atoms with van der Waals surface area (Å²) in [6, 6.07) is 33.8. The minimum absolute atomic E-state index is 1.01. The standard InChI is InChI=1S/C24H19N/c1-18-15-23(20-11-6-3-7-12-20)17-24(25-18)22-14-8-13-21(16-22)19-9-4-2-5-10-19/h2-17H,1H3. The molecule has 4 aromatic rings. The van der Waals surface area contributed by atoms with Crippen molar-refractivity contribution < 1.29 is 0 Å². The molecule has 0 bridgehead atoms. The van der Waals surface area contributed by atoms with Crippen LogP contribution in [0, 0.1) is 6.92 Å². The lowest BCUT2D eigenvalue weighted by molar-refractivity contribution is 1.21. The van der Waals surface area contributed by atoms with E-state index in [9.17, 15) is 0 Å². The average molecular weight is 321 g/mol. The van der Waals surface area contributed by atoms with E-state index in [0.29, 0.717) is 0 Å². The van der Waals surface area contributed by atoms with E-state index in [2.05, 4.69) is 91.9 Å². The number of rotatable bonds is 3. The van der Waals surface area contributed by atoms with Gasteiger partial charge in [-0.1, -0.05) is 78.9 Å². The molecule has 1 heteroatoms. The summed E-state index contributed by atoms with van der Waals surface area (Å²) in [5.74, 6) is 0. The Morgan fingerprint density at radius 2 is 1.04 bits per heavy atom. The summed E-state index contributed by atoms with van der Waals surface area (Å²) in [4.78, 5) is 4.76. The van der Waals surface area contributed by atoms with Crippen LogP contribution in [0.15, 0.2) is 97.1 Å². The highest BCUT2D eigenvalue weighted by Crippen LogP contribution is 2.29. The summed E-state index contributed by atoms with van der Waals surface area (Å²) in [7, 11) is 0. The van der Waals surface area contributed by atoms with Crippen molar-refractivity contribution in [2.45, 2.75) is 6.92 Å². The van der Waals surface area contributed by atoms with Crippen LogP contribution in [-0.4, -0.2) is 4.98 Å². The van der Waals surface area contributed by atoms with Crippen LogP contribution in [-0.2, 0) is 0 Å². The van der Waals surface area contributed by atoms with Crippen LogP contribution in [0.5, 0.6) is 0 Å². The molecule has 0 aliphatic rings. The Morgan fingerprint density at radius 3 is 1.72 bits per heavy atom. The number of nitrogens with zero attached hydrogens (tertiary/aromatic N) is 1. The summed E-state index contributed by atoms with van der Waals surface area (Å²) in [5, 5.41) is 0. The number of hydrogen-bond acceptors (Lipinski definition) is 1. The highest BCUT2D eigenvalue weighted by Gasteiger charge is 2.06. The Morgan fingerprint density at radius 1 is 0.480 bits per heavy atom. The van der Waals surface area contributed by atoms with Gasteiger partial charge < -0.3 is 0 Å². The van der Waals surface area contributed by atoms with Gasteiger partial charge in [-0.05, 0) is 47.4 Å². The van der Waals surface area contributed by atoms with Gasteiger partial charge >= 0.3 is 0 Å². The quantitative estimate of drug-likeness (QED) is 0.426. The van der Waals surface area contributed by atoms with Crippen LogP contribution in [0.4, 0.5) is 0 Å². The van der Waals surface area contributed by atoms with Crippen LogP contribution >= 0.6 is 0 Å². The van der Waals surface area contributed by atoms with Gasteiger partial charge in [0.2, 0.25) is 0 Å². The van der Waals surface area contributed by atoms with Crippen molar-refractivity contribution in [2.75, 3.05) is 0 Å². The first-order valence-electron chi connectivity index (χ1n) is 8.49. The second-order valence-electron chi connectivity index (χ2n) is 6.20. The minimum atomic E-state index is 1.01. The maximum Gasteiger partial charge on any atom is 0.0711 e. The average Bonchev–Trinajstić information content (AvgIpc) is 2.69. The molecule has 0 atom stereocenters. The van der Waals surface area contributed by atoms with Crippen molar-refractivity contribution in [3.05, 3.63) is 103 Å². The smallest absolute Gasteiger partial charge is 0.0711 e. The summed E-state index contributed by atoms with van der Waals surface area (Å²) in [6.07, 6.45) is 0. The van der Waals surface area contributed by atoms with Crippen molar-refractivity contribution in [1.82, 2.24) is 4.98 Å². The molecule has 4 rings (SSSR count). The Bertz CT molecular complexity index is 989. The normalized spacial score (nSPS) is 10.6. The third kappa shape index (κ3) is 3.36. The van der Waals surface area contributed by atoms with Gasteiger partial charge in [0.15, 0.2) is 0 Å². The monoisotopic (exact) mass is 321 g/mol. The van der Waals surface area contributed by atoms with Crippen LogP contribution in [0.25, 0.3) is 33.5 Å². The number of aromatic nitrogens is 1. The zero-order valence-electron chi connectivity index (χ0n) is 14.2. The zero-order valence-corrected chi connectivity index (χ0v) is 14.2. The fourth-order valence-electron chi connectivity index (χ4n) is 3.10. The molecule has 0 spiro atoms. The molecule has 0 unspecified atom stereocenters. The molecule has 0 amide bonds. The Labute approximate surface area is 148 Å². The van der Waals surface area contributed by atoms with Crippen molar-refractivity contribution in [3.8, 4) is 33.5 Å². The van der Waals surface area contributed by atoms with E-state index >= 15 is 0 Å². The molecule has 0 aliphatic carbocycles. The third-order valence-corrected chi connectivity index (χ3v) is 4.33. The van der Waals surface area contributed by atoms with E-state index in [-0.39, 0.29) is 0 Å². The lowest BCUT2D eigenvalue weighted by Gasteiger charge is -2.09. The van der Waals surface area contributed by atoms with E-state index in [1.54, 1.807) is 0 Å². The molecule has 120 valence electrons. The fourth-order valence-corrected chi connectivity index (χ4v) is 3.10. The lowest BCUT2D eigenvalue weighted by atomic mass is 9.99. The van der Waals surface area contributed by atoms with Crippen LogP contribution in [0.3, 0.4) is 0 Å². The van der Waals surface area contributed by atoms with Crippen molar-refractivity contribution in [2.24, 2.45) is 0 Å². The number of aryl methyl sites for hydroxylation is 1. The van der Waals surface area contributed by atoms with Gasteiger partial charge in [-0.2, -0.15) is 0 Å². The fraction of sp³-hybridized carbons (Fsp3) is 0.0417. The van der Waals surface area contributed by atoms with Crippen molar-refractivity contribution >= 4 is 0 Å². The summed E-state index contributed by atoms with van der Waals surface area (Å²) < 4.78 is 0. The third-order valence-electron chi connectivity index (χ3n) is 4.33. The second-order valence-corrected chi connectivity index (χ2v) is 6.20. The van der Waals surface area contributed by atoms with Crippen LogP contribution < -0.4 is 0 Å². The molecular weight excluding hydrogens is 302 g/mol. The molecule has 1 heterocycles. The molecule has 0 N–H and O–H groups in total. The maximum absolute atomic E-state index is 4.76. The highest BCUT2D eigenvalue weighted by atomic mass is 14.7. The van der Waals surface area contributed by atoms with Crippen LogP contribution in [0.1, 0.15) is 5.69 Å². The zero-order chi connectivity index (χ0) is 17.1. The summed E-state index contributed by atoms with van der Waals surface area (Å²) in [6.45, 7) is 2.05. The predicted molar refractivity (Wildman–Crippen MR) is 105 cm³/mol. The molecular formula is C24H19N. The minimum Gasteiger partial charge on any atom is -0.253 e. The molecule has 1 aromatic heterocycles. The molecule has 25 heavy (non-hydrogen) atoms. The number of pyridine rings is 1. The molecule has 0 fully saturated rings. The Kier molecular flexibility index (Phi) is 4.14. The summed E-state index contributed by atoms with van der Waals surface area (Å²) in [5.41, 5.74) is 8.03. The van der Waals surface area contributed by atoms with Gasteiger partial charge in [-0.15, -0.1) is 0 Å². The van der Waals surface area contributed by atoms with Crippen LogP contribution in [0.2, 0.25) is 0 Å². The molecule has 0 radical (unpaired) electrons. The lowest BCUT2D eigenvalue weighted by Crippen LogP contribution is -1.90. The second kappa shape index (κ2) is 6.74. The van der Waals surface area contributed by atoms with E-state index in [0.717, 1.165) is 17.0 Å².